The normalized spacial score (nSPS) is 17.7. The van der Waals surface area contributed by atoms with E-state index >= 15 is 0 Å². The molecule has 0 bridgehead atoms. The molecule has 0 amide bonds. The first-order valence-electron chi connectivity index (χ1n) is 5.36. The highest BCUT2D eigenvalue weighted by Crippen LogP contribution is 2.20. The molecule has 2 heterocycles. The first-order chi connectivity index (χ1) is 7.27. The minimum Gasteiger partial charge on any atom is -0.344 e. The molecule has 0 aliphatic carbocycles. The molecule has 1 saturated heterocycles. The lowest BCUT2D eigenvalue weighted by Crippen LogP contribution is -2.26. The van der Waals surface area contributed by atoms with Gasteiger partial charge in [0.25, 0.3) is 0 Å². The number of aryl methyl sites for hydroxylation is 1. The number of hydrogen-bond donors (Lipinski definition) is 1. The maximum atomic E-state index is 4.21. The van der Waals surface area contributed by atoms with E-state index in [9.17, 15) is 0 Å². The maximum Gasteiger partial charge on any atom is 0.0442 e. The minimum absolute atomic E-state index is 0.988. The lowest BCUT2D eigenvalue weighted by Gasteiger charge is -2.24. The van der Waals surface area contributed by atoms with Crippen LogP contribution in [0.5, 0.6) is 0 Å². The van der Waals surface area contributed by atoms with E-state index in [-0.39, 0.29) is 0 Å². The summed E-state index contributed by atoms with van der Waals surface area (Å²) in [5, 5.41) is 3.37. The Morgan fingerprint density at radius 2 is 2.33 bits per heavy atom. The van der Waals surface area contributed by atoms with Crippen molar-refractivity contribution in [3.63, 3.8) is 0 Å². The fraction of sp³-hybridized carbons (Fsp3) is 0.417. The van der Waals surface area contributed by atoms with Crippen LogP contribution in [0, 0.1) is 6.92 Å². The summed E-state index contributed by atoms with van der Waals surface area (Å²) in [6.45, 7) is 9.17. The number of pyridine rings is 1. The molecule has 15 heavy (non-hydrogen) atoms. The zero-order valence-electron chi connectivity index (χ0n) is 9.16. The third kappa shape index (κ3) is 2.36. The SMILES string of the molecule is C=C1CCNCCN1c1ccnc(C)c1. The largest absolute Gasteiger partial charge is 0.344 e. The van der Waals surface area contributed by atoms with Crippen molar-refractivity contribution in [1.29, 1.82) is 0 Å². The molecule has 0 radical (unpaired) electrons. The second-order valence-electron chi connectivity index (χ2n) is 3.87. The Balaban J connectivity index is 2.24. The number of nitrogens with one attached hydrogen (secondary N) is 1. The van der Waals surface area contributed by atoms with Crippen LogP contribution in [-0.2, 0) is 0 Å². The molecule has 0 spiro atoms. The summed E-state index contributed by atoms with van der Waals surface area (Å²) in [6.07, 6.45) is 2.87. The highest BCUT2D eigenvalue weighted by atomic mass is 15.2. The summed E-state index contributed by atoms with van der Waals surface area (Å²) in [7, 11) is 0. The molecule has 0 saturated carbocycles. The third-order valence-corrected chi connectivity index (χ3v) is 2.68. The Morgan fingerprint density at radius 1 is 1.47 bits per heavy atom. The van der Waals surface area contributed by atoms with Crippen molar-refractivity contribution in [3.8, 4) is 0 Å². The van der Waals surface area contributed by atoms with Crippen molar-refractivity contribution < 1.29 is 0 Å². The number of nitrogens with zero attached hydrogens (tertiary/aromatic N) is 2. The van der Waals surface area contributed by atoms with Crippen molar-refractivity contribution in [1.82, 2.24) is 10.3 Å². The van der Waals surface area contributed by atoms with E-state index in [1.54, 1.807) is 0 Å². The molecule has 1 aliphatic rings. The van der Waals surface area contributed by atoms with Gasteiger partial charge in [-0.3, -0.25) is 4.98 Å². The van der Waals surface area contributed by atoms with Gasteiger partial charge in [0.05, 0.1) is 0 Å². The zero-order valence-corrected chi connectivity index (χ0v) is 9.16. The summed E-state index contributed by atoms with van der Waals surface area (Å²) in [5.41, 5.74) is 3.44. The van der Waals surface area contributed by atoms with Crippen LogP contribution in [-0.4, -0.2) is 24.6 Å². The average molecular weight is 203 g/mol. The molecule has 3 nitrogen and oxygen atoms in total. The van der Waals surface area contributed by atoms with Gasteiger partial charge in [-0.2, -0.15) is 0 Å². The van der Waals surface area contributed by atoms with Gasteiger partial charge >= 0.3 is 0 Å². The van der Waals surface area contributed by atoms with E-state index in [2.05, 4.69) is 27.8 Å². The minimum atomic E-state index is 0.988. The van der Waals surface area contributed by atoms with Crippen LogP contribution < -0.4 is 10.2 Å². The Kier molecular flexibility index (Phi) is 3.02. The summed E-state index contributed by atoms with van der Waals surface area (Å²) < 4.78 is 0. The molecule has 80 valence electrons. The number of anilines is 1. The van der Waals surface area contributed by atoms with Crippen molar-refractivity contribution in [2.24, 2.45) is 0 Å². The lowest BCUT2D eigenvalue weighted by atomic mass is 10.2. The van der Waals surface area contributed by atoms with Crippen LogP contribution in [0.1, 0.15) is 12.1 Å². The van der Waals surface area contributed by atoms with E-state index in [1.165, 1.54) is 11.4 Å². The van der Waals surface area contributed by atoms with Crippen LogP contribution in [0.15, 0.2) is 30.6 Å². The van der Waals surface area contributed by atoms with Gasteiger partial charge in [-0.25, -0.2) is 0 Å². The van der Waals surface area contributed by atoms with E-state index < -0.39 is 0 Å². The molecule has 2 rings (SSSR count). The van der Waals surface area contributed by atoms with Crippen LogP contribution in [0.2, 0.25) is 0 Å². The zero-order chi connectivity index (χ0) is 10.7. The summed E-state index contributed by atoms with van der Waals surface area (Å²) in [4.78, 5) is 6.48. The monoisotopic (exact) mass is 203 g/mol. The third-order valence-electron chi connectivity index (χ3n) is 2.68. The highest BCUT2D eigenvalue weighted by molar-refractivity contribution is 5.51. The predicted octanol–water partition coefficient (Wildman–Crippen LogP) is 1.70. The molecule has 0 aromatic carbocycles. The van der Waals surface area contributed by atoms with Crippen LogP contribution >= 0.6 is 0 Å². The van der Waals surface area contributed by atoms with Crippen LogP contribution in [0.4, 0.5) is 5.69 Å². The molecule has 1 N–H and O–H groups in total. The topological polar surface area (TPSA) is 28.2 Å². The first kappa shape index (κ1) is 10.2. The van der Waals surface area contributed by atoms with Gasteiger partial charge in [-0.15, -0.1) is 0 Å². The fourth-order valence-electron chi connectivity index (χ4n) is 1.85. The summed E-state index contributed by atoms with van der Waals surface area (Å²) in [6, 6.07) is 4.15. The Morgan fingerprint density at radius 3 is 3.13 bits per heavy atom. The molecule has 0 unspecified atom stereocenters. The summed E-state index contributed by atoms with van der Waals surface area (Å²) in [5.74, 6) is 0. The number of hydrogen-bond acceptors (Lipinski definition) is 3. The standard InChI is InChI=1S/C12H17N3/c1-10-9-12(4-6-14-10)15-8-7-13-5-3-11(15)2/h4,6,9,13H,2-3,5,7-8H2,1H3. The molecule has 1 aliphatic heterocycles. The van der Waals surface area contributed by atoms with E-state index in [1.807, 2.05) is 19.2 Å². The second-order valence-corrected chi connectivity index (χ2v) is 3.87. The maximum absolute atomic E-state index is 4.21. The molecule has 1 aromatic heterocycles. The first-order valence-corrected chi connectivity index (χ1v) is 5.36. The average Bonchev–Trinajstić information content (AvgIpc) is 2.43. The van der Waals surface area contributed by atoms with Crippen molar-refractivity contribution in [3.05, 3.63) is 36.3 Å². The molecular weight excluding hydrogens is 186 g/mol. The quantitative estimate of drug-likeness (QED) is 0.753. The Hall–Kier alpha value is -1.35. The summed E-state index contributed by atoms with van der Waals surface area (Å²) >= 11 is 0. The smallest absolute Gasteiger partial charge is 0.0442 e. The molecule has 1 fully saturated rings. The molecule has 0 atom stereocenters. The van der Waals surface area contributed by atoms with E-state index in [4.69, 9.17) is 0 Å². The van der Waals surface area contributed by atoms with Crippen molar-refractivity contribution in [2.45, 2.75) is 13.3 Å². The van der Waals surface area contributed by atoms with Gasteiger partial charge in [-0.05, 0) is 25.5 Å². The molecule has 1 aromatic rings. The van der Waals surface area contributed by atoms with Crippen LogP contribution in [0.25, 0.3) is 0 Å². The van der Waals surface area contributed by atoms with Gasteiger partial charge < -0.3 is 10.2 Å². The van der Waals surface area contributed by atoms with Crippen molar-refractivity contribution in [2.75, 3.05) is 24.5 Å². The molecule has 3 heteroatoms. The fourth-order valence-corrected chi connectivity index (χ4v) is 1.85. The Bertz CT molecular complexity index is 360. The van der Waals surface area contributed by atoms with Gasteiger partial charge in [0.1, 0.15) is 0 Å². The van der Waals surface area contributed by atoms with Crippen molar-refractivity contribution >= 4 is 5.69 Å². The highest BCUT2D eigenvalue weighted by Gasteiger charge is 2.12. The second kappa shape index (κ2) is 4.45. The van der Waals surface area contributed by atoms with Gasteiger partial charge in [-0.1, -0.05) is 6.58 Å². The number of aromatic nitrogens is 1. The predicted molar refractivity (Wildman–Crippen MR) is 62.9 cm³/mol. The number of rotatable bonds is 1. The van der Waals surface area contributed by atoms with Gasteiger partial charge in [0, 0.05) is 42.9 Å². The van der Waals surface area contributed by atoms with Gasteiger partial charge in [0.15, 0.2) is 0 Å². The van der Waals surface area contributed by atoms with E-state index in [0.717, 1.165) is 31.7 Å². The van der Waals surface area contributed by atoms with E-state index in [0.29, 0.717) is 0 Å². The lowest BCUT2D eigenvalue weighted by molar-refractivity contribution is 0.730. The molecular formula is C12H17N3. The van der Waals surface area contributed by atoms with Gasteiger partial charge in [0.2, 0.25) is 0 Å². The Labute approximate surface area is 90.8 Å². The van der Waals surface area contributed by atoms with Crippen LogP contribution in [0.3, 0.4) is 0 Å².